The number of nitrogens with one attached hydrogen (secondary N) is 1. The van der Waals surface area contributed by atoms with Crippen molar-refractivity contribution in [2.75, 3.05) is 37.3 Å². The number of rotatable bonds is 10. The summed E-state index contributed by atoms with van der Waals surface area (Å²) in [6.07, 6.45) is -1.26. The van der Waals surface area contributed by atoms with Crippen LogP contribution in [0, 0.1) is 0 Å². The predicted octanol–water partition coefficient (Wildman–Crippen LogP) is 2.90. The van der Waals surface area contributed by atoms with Gasteiger partial charge >= 0.3 is 7.82 Å². The molecule has 226 valence electrons. The third kappa shape index (κ3) is 7.79. The molecule has 2 saturated heterocycles. The van der Waals surface area contributed by atoms with Gasteiger partial charge in [-0.05, 0) is 39.0 Å². The first kappa shape index (κ1) is 31.3. The summed E-state index contributed by atoms with van der Waals surface area (Å²) in [5.74, 6) is -0.417. The largest absolute Gasteiger partial charge is 0.469 e. The lowest BCUT2D eigenvalue weighted by Crippen LogP contribution is -2.32. The van der Waals surface area contributed by atoms with Crippen molar-refractivity contribution in [1.82, 2.24) is 24.4 Å². The van der Waals surface area contributed by atoms with E-state index < -0.39 is 38.1 Å². The molecule has 0 amide bonds. The molecule has 0 aliphatic carbocycles. The molecule has 4 heterocycles. The fraction of sp³-hybridized carbons (Fsp3) is 0.577. The van der Waals surface area contributed by atoms with E-state index in [4.69, 9.17) is 29.7 Å². The number of ether oxygens (including phenoxy) is 3. The smallest absolute Gasteiger partial charge is 0.382 e. The molecule has 4 atom stereocenters. The lowest BCUT2D eigenvalue weighted by molar-refractivity contribution is -0.199. The molecule has 3 aromatic rings. The molecule has 0 radical (unpaired) electrons. The Kier molecular flexibility index (Phi) is 9.98. The number of aromatic nitrogens is 4. The number of hydrogen-bond donors (Lipinski definition) is 4. The van der Waals surface area contributed by atoms with E-state index in [1.165, 1.54) is 26.0 Å². The Morgan fingerprint density at radius 3 is 2.37 bits per heavy atom. The van der Waals surface area contributed by atoms with Crippen LogP contribution in [-0.2, 0) is 29.8 Å². The van der Waals surface area contributed by atoms with Crippen LogP contribution < -0.4 is 11.1 Å². The molecule has 41 heavy (non-hydrogen) atoms. The Morgan fingerprint density at radius 1 is 1.10 bits per heavy atom. The Bertz CT molecular complexity index is 1330. The first-order valence-electron chi connectivity index (χ1n) is 13.7. The van der Waals surface area contributed by atoms with Crippen molar-refractivity contribution < 1.29 is 33.1 Å². The van der Waals surface area contributed by atoms with Crippen LogP contribution in [0.3, 0.4) is 0 Å². The van der Waals surface area contributed by atoms with Gasteiger partial charge in [-0.15, -0.1) is 0 Å². The summed E-state index contributed by atoms with van der Waals surface area (Å²) in [7, 11) is -4.69. The lowest BCUT2D eigenvalue weighted by atomic mass is 10.1. The molecule has 0 unspecified atom stereocenters. The van der Waals surface area contributed by atoms with Gasteiger partial charge in [0.2, 0.25) is 5.95 Å². The van der Waals surface area contributed by atoms with Crippen molar-refractivity contribution in [1.29, 1.82) is 0 Å². The van der Waals surface area contributed by atoms with Gasteiger partial charge in [-0.1, -0.05) is 51.1 Å². The Balaban J connectivity index is 0.000000493. The second-order valence-electron chi connectivity index (χ2n) is 10.1. The quantitative estimate of drug-likeness (QED) is 0.252. The number of nitrogens with two attached hydrogens (primary N) is 1. The summed E-state index contributed by atoms with van der Waals surface area (Å²) in [4.78, 5) is 33.8. The molecule has 1 aromatic carbocycles. The molecule has 2 aromatic heterocycles. The summed E-state index contributed by atoms with van der Waals surface area (Å²) in [6.45, 7) is 13.7. The van der Waals surface area contributed by atoms with E-state index in [1.54, 1.807) is 18.4 Å². The molecule has 2 aliphatic rings. The van der Waals surface area contributed by atoms with Gasteiger partial charge in [0.1, 0.15) is 23.8 Å². The van der Waals surface area contributed by atoms with E-state index in [1.807, 2.05) is 30.3 Å². The normalized spacial score (nSPS) is 23.4. The zero-order valence-electron chi connectivity index (χ0n) is 24.0. The van der Waals surface area contributed by atoms with Crippen molar-refractivity contribution in [2.45, 2.75) is 71.5 Å². The number of anilines is 2. The van der Waals surface area contributed by atoms with Crippen LogP contribution in [0.15, 0.2) is 36.7 Å². The number of nitrogen functional groups attached to an aromatic ring is 1. The number of phosphoric ester groups is 1. The van der Waals surface area contributed by atoms with Crippen LogP contribution in [0.25, 0.3) is 11.2 Å². The highest BCUT2D eigenvalue weighted by Gasteiger charge is 2.56. The molecule has 14 nitrogen and oxygen atoms in total. The highest BCUT2D eigenvalue weighted by Crippen LogP contribution is 2.45. The maximum atomic E-state index is 11.2. The van der Waals surface area contributed by atoms with Crippen LogP contribution in [0.5, 0.6) is 0 Å². The number of phosphoric acid groups is 1. The van der Waals surface area contributed by atoms with Gasteiger partial charge in [0.25, 0.3) is 0 Å². The fourth-order valence-electron chi connectivity index (χ4n) is 4.84. The molecule has 2 fully saturated rings. The Morgan fingerprint density at radius 2 is 1.76 bits per heavy atom. The van der Waals surface area contributed by atoms with Gasteiger partial charge in [-0.2, -0.15) is 9.97 Å². The van der Waals surface area contributed by atoms with Gasteiger partial charge < -0.3 is 39.9 Å². The molecule has 15 heteroatoms. The lowest BCUT2D eigenvalue weighted by Gasteiger charge is -2.24. The average molecular weight is 594 g/mol. The summed E-state index contributed by atoms with van der Waals surface area (Å²) in [6, 6.07) is 9.77. The molecule has 0 bridgehead atoms. The Hall–Kier alpha value is -2.68. The average Bonchev–Trinajstić information content (AvgIpc) is 3.58. The highest BCUT2D eigenvalue weighted by atomic mass is 31.2. The summed E-state index contributed by atoms with van der Waals surface area (Å²) in [5.41, 5.74) is 7.99. The molecule has 5 rings (SSSR count). The molecule has 0 saturated carbocycles. The number of imidazole rings is 1. The van der Waals surface area contributed by atoms with Crippen molar-refractivity contribution in [3.8, 4) is 0 Å². The van der Waals surface area contributed by atoms with Gasteiger partial charge in [-0.25, -0.2) is 9.55 Å². The third-order valence-electron chi connectivity index (χ3n) is 6.89. The first-order chi connectivity index (χ1) is 19.4. The van der Waals surface area contributed by atoms with E-state index in [0.717, 1.165) is 5.56 Å². The first-order valence-corrected chi connectivity index (χ1v) is 15.2. The zero-order valence-corrected chi connectivity index (χ0v) is 24.9. The monoisotopic (exact) mass is 593 g/mol. The summed E-state index contributed by atoms with van der Waals surface area (Å²) >= 11 is 0. The Labute approximate surface area is 239 Å². The predicted molar refractivity (Wildman–Crippen MR) is 153 cm³/mol. The van der Waals surface area contributed by atoms with Crippen molar-refractivity contribution >= 4 is 30.8 Å². The van der Waals surface area contributed by atoms with Gasteiger partial charge in [-0.3, -0.25) is 9.09 Å². The zero-order chi connectivity index (χ0) is 29.8. The third-order valence-corrected chi connectivity index (χ3v) is 7.38. The van der Waals surface area contributed by atoms with E-state index in [9.17, 15) is 4.57 Å². The highest BCUT2D eigenvalue weighted by molar-refractivity contribution is 7.46. The fourth-order valence-corrected chi connectivity index (χ4v) is 5.18. The van der Waals surface area contributed by atoms with Crippen LogP contribution in [0.1, 0.15) is 46.4 Å². The van der Waals surface area contributed by atoms with Crippen molar-refractivity contribution in [2.24, 2.45) is 0 Å². The molecular weight excluding hydrogens is 553 g/mol. The van der Waals surface area contributed by atoms with Crippen LogP contribution in [0.2, 0.25) is 0 Å². The van der Waals surface area contributed by atoms with Crippen molar-refractivity contribution in [3.05, 3.63) is 42.2 Å². The van der Waals surface area contributed by atoms with E-state index in [2.05, 4.69) is 50.5 Å². The number of benzene rings is 1. The minimum absolute atomic E-state index is 0.194. The van der Waals surface area contributed by atoms with Gasteiger partial charge in [0, 0.05) is 6.54 Å². The maximum absolute atomic E-state index is 11.2. The SMILES string of the molecule is CC1(C)O[C@@H]2[C@H](O1)[C@@H](COP(=O)(O)O)O[C@H]2n1cnc2c(N)nc(NCc3ccccc3)nc21.CCN(CC)CC. The minimum Gasteiger partial charge on any atom is -0.382 e. The van der Waals surface area contributed by atoms with Crippen LogP contribution in [-0.4, -0.2) is 84.5 Å². The number of fused-ring (bicyclic) bond motifs is 2. The molecule has 2 aliphatic heterocycles. The van der Waals surface area contributed by atoms with Crippen LogP contribution >= 0.6 is 7.82 Å². The minimum atomic E-state index is -4.69. The van der Waals surface area contributed by atoms with Crippen LogP contribution in [0.4, 0.5) is 11.8 Å². The van der Waals surface area contributed by atoms with E-state index in [-0.39, 0.29) is 12.4 Å². The second-order valence-corrected chi connectivity index (χ2v) is 11.4. The molecular formula is C26H40N7O7P. The standard InChI is InChI=1S/C20H25N6O7P.C6H15N/c1-20(2)32-14-12(9-30-34(27,28)29)31-18(15(14)33-20)26-10-23-13-16(21)24-19(25-17(13)26)22-8-11-6-4-3-5-7-11;1-4-7(5-2)6-3/h3-7,10,12,14-15,18H,8-9H2,1-2H3,(H2,27,28,29)(H3,21,22,24,25);4-6H2,1-3H3/t12-,14-,15-,18-;/m1./s1. The molecule has 0 spiro atoms. The van der Waals surface area contributed by atoms with E-state index in [0.29, 0.717) is 23.7 Å². The number of hydrogen-bond acceptors (Lipinski definition) is 11. The van der Waals surface area contributed by atoms with Gasteiger partial charge in [0.15, 0.2) is 23.5 Å². The van der Waals surface area contributed by atoms with Gasteiger partial charge in [0.05, 0.1) is 12.9 Å². The topological polar surface area (TPSA) is 179 Å². The van der Waals surface area contributed by atoms with E-state index >= 15 is 0 Å². The molecule has 5 N–H and O–H groups in total. The second kappa shape index (κ2) is 13.1. The summed E-state index contributed by atoms with van der Waals surface area (Å²) < 4.78 is 35.6. The van der Waals surface area contributed by atoms with Crippen molar-refractivity contribution in [3.63, 3.8) is 0 Å². The number of nitrogens with zero attached hydrogens (tertiary/aromatic N) is 5. The summed E-state index contributed by atoms with van der Waals surface area (Å²) in [5, 5.41) is 3.16. The maximum Gasteiger partial charge on any atom is 0.469 e.